The molecule has 1 aromatic heterocycles. The molecule has 2 rings (SSSR count). The van der Waals surface area contributed by atoms with Crippen molar-refractivity contribution in [2.24, 2.45) is 7.05 Å². The zero-order chi connectivity index (χ0) is 17.9. The van der Waals surface area contributed by atoms with Gasteiger partial charge in [-0.1, -0.05) is 0 Å². The van der Waals surface area contributed by atoms with Crippen molar-refractivity contribution in [2.45, 2.75) is 0 Å². The van der Waals surface area contributed by atoms with Crippen molar-refractivity contribution >= 4 is 17.3 Å². The van der Waals surface area contributed by atoms with Gasteiger partial charge in [-0.25, -0.2) is 0 Å². The van der Waals surface area contributed by atoms with Crippen LogP contribution < -0.4 is 19.5 Å². The number of amides is 1. The summed E-state index contributed by atoms with van der Waals surface area (Å²) in [6.45, 7) is 0. The highest BCUT2D eigenvalue weighted by molar-refractivity contribution is 6.05. The fraction of sp³-hybridized carbons (Fsp3) is 0.286. The highest BCUT2D eigenvalue weighted by atomic mass is 16.6. The number of methoxy groups -OCH3 is 3. The molecule has 0 aliphatic heterocycles. The highest BCUT2D eigenvalue weighted by Gasteiger charge is 2.25. The maximum absolute atomic E-state index is 12.3. The SMILES string of the molecule is COc1cc(NC(=O)c2nn(C)cc2[N+](=O)[O-])cc(OC)c1OC. The molecule has 0 saturated heterocycles. The zero-order valence-corrected chi connectivity index (χ0v) is 13.5. The second kappa shape index (κ2) is 6.86. The molecule has 0 fully saturated rings. The minimum absolute atomic E-state index is 0.295. The Morgan fingerprint density at radius 3 is 2.25 bits per heavy atom. The lowest BCUT2D eigenvalue weighted by Crippen LogP contribution is -2.15. The molecule has 0 radical (unpaired) electrons. The Hall–Kier alpha value is -3.30. The van der Waals surface area contributed by atoms with Crippen molar-refractivity contribution < 1.29 is 23.9 Å². The van der Waals surface area contributed by atoms with Crippen molar-refractivity contribution in [3.8, 4) is 17.2 Å². The summed E-state index contributed by atoms with van der Waals surface area (Å²) in [5.74, 6) is 0.309. The Labute approximate surface area is 137 Å². The minimum atomic E-state index is -0.725. The Bertz CT molecular complexity index is 761. The van der Waals surface area contributed by atoms with E-state index >= 15 is 0 Å². The van der Waals surface area contributed by atoms with Gasteiger partial charge in [0.05, 0.1) is 26.3 Å². The van der Waals surface area contributed by atoms with E-state index in [9.17, 15) is 14.9 Å². The summed E-state index contributed by atoms with van der Waals surface area (Å²) < 4.78 is 16.8. The Kier molecular flexibility index (Phi) is 4.87. The molecule has 10 nitrogen and oxygen atoms in total. The first-order valence-corrected chi connectivity index (χ1v) is 6.70. The van der Waals surface area contributed by atoms with E-state index in [1.165, 1.54) is 45.2 Å². The summed E-state index contributed by atoms with van der Waals surface area (Å²) >= 11 is 0. The molecular formula is C14H16N4O6. The summed E-state index contributed by atoms with van der Waals surface area (Å²) in [5.41, 5.74) is -0.367. The number of anilines is 1. The fourth-order valence-electron chi connectivity index (χ4n) is 2.11. The molecule has 1 N–H and O–H groups in total. The van der Waals surface area contributed by atoms with Gasteiger partial charge in [0.1, 0.15) is 6.20 Å². The molecule has 1 aromatic carbocycles. The molecule has 0 aliphatic carbocycles. The average molecular weight is 336 g/mol. The van der Waals surface area contributed by atoms with Gasteiger partial charge in [0, 0.05) is 24.9 Å². The predicted molar refractivity (Wildman–Crippen MR) is 83.9 cm³/mol. The topological polar surface area (TPSA) is 118 Å². The number of nitrogens with one attached hydrogen (secondary N) is 1. The minimum Gasteiger partial charge on any atom is -0.493 e. The van der Waals surface area contributed by atoms with Crippen molar-refractivity contribution in [2.75, 3.05) is 26.6 Å². The normalized spacial score (nSPS) is 10.2. The summed E-state index contributed by atoms with van der Waals surface area (Å²) in [6.07, 6.45) is 1.16. The first-order valence-electron chi connectivity index (χ1n) is 6.70. The number of rotatable bonds is 6. The van der Waals surface area contributed by atoms with Crippen LogP contribution in [-0.4, -0.2) is 41.9 Å². The van der Waals surface area contributed by atoms with Crippen LogP contribution in [0, 0.1) is 10.1 Å². The molecule has 0 aliphatic rings. The van der Waals surface area contributed by atoms with Gasteiger partial charge < -0.3 is 19.5 Å². The van der Waals surface area contributed by atoms with Gasteiger partial charge in [-0.15, -0.1) is 0 Å². The first-order chi connectivity index (χ1) is 11.4. The van der Waals surface area contributed by atoms with Crippen LogP contribution in [0.25, 0.3) is 0 Å². The Morgan fingerprint density at radius 1 is 1.21 bits per heavy atom. The quantitative estimate of drug-likeness (QED) is 0.629. The lowest BCUT2D eigenvalue weighted by molar-refractivity contribution is -0.385. The third-order valence-electron chi connectivity index (χ3n) is 3.14. The molecule has 10 heteroatoms. The molecule has 0 atom stereocenters. The van der Waals surface area contributed by atoms with Crippen molar-refractivity contribution in [3.05, 3.63) is 34.1 Å². The van der Waals surface area contributed by atoms with E-state index in [0.29, 0.717) is 22.9 Å². The second-order valence-corrected chi connectivity index (χ2v) is 4.66. The third kappa shape index (κ3) is 3.21. The smallest absolute Gasteiger partial charge is 0.320 e. The standard InChI is InChI=1S/C14H16N4O6/c1-17-7-9(18(20)21)12(16-17)14(19)15-8-5-10(22-2)13(24-4)11(6-8)23-3/h5-7H,1-4H3,(H,15,19). The third-order valence-corrected chi connectivity index (χ3v) is 3.14. The molecular weight excluding hydrogens is 320 g/mol. The Balaban J connectivity index is 2.37. The number of carbonyl (C=O) groups excluding carboxylic acids is 1. The van der Waals surface area contributed by atoms with E-state index in [2.05, 4.69) is 10.4 Å². The van der Waals surface area contributed by atoms with Crippen LogP contribution in [0.2, 0.25) is 0 Å². The highest BCUT2D eigenvalue weighted by Crippen LogP contribution is 2.40. The van der Waals surface area contributed by atoms with Gasteiger partial charge >= 0.3 is 5.69 Å². The van der Waals surface area contributed by atoms with Crippen LogP contribution in [0.3, 0.4) is 0 Å². The molecule has 1 amide bonds. The van der Waals surface area contributed by atoms with Crippen LogP contribution in [0.5, 0.6) is 17.2 Å². The fourth-order valence-corrected chi connectivity index (χ4v) is 2.11. The monoisotopic (exact) mass is 336 g/mol. The Morgan fingerprint density at radius 2 is 1.79 bits per heavy atom. The second-order valence-electron chi connectivity index (χ2n) is 4.66. The average Bonchev–Trinajstić information content (AvgIpc) is 2.96. The van der Waals surface area contributed by atoms with Gasteiger partial charge in [-0.3, -0.25) is 19.6 Å². The van der Waals surface area contributed by atoms with Gasteiger partial charge in [-0.2, -0.15) is 5.10 Å². The predicted octanol–water partition coefficient (Wildman–Crippen LogP) is 1.61. The maximum Gasteiger partial charge on any atom is 0.320 e. The lowest BCUT2D eigenvalue weighted by atomic mass is 10.2. The maximum atomic E-state index is 12.3. The molecule has 2 aromatic rings. The molecule has 0 spiro atoms. The van der Waals surface area contributed by atoms with Crippen LogP contribution in [0.15, 0.2) is 18.3 Å². The number of aromatic nitrogens is 2. The molecule has 0 unspecified atom stereocenters. The summed E-state index contributed by atoms with van der Waals surface area (Å²) in [5, 5.41) is 17.3. The van der Waals surface area contributed by atoms with Crippen LogP contribution in [-0.2, 0) is 7.05 Å². The number of ether oxygens (including phenoxy) is 3. The van der Waals surface area contributed by atoms with Gasteiger partial charge in [-0.05, 0) is 0 Å². The van der Waals surface area contributed by atoms with Gasteiger partial charge in [0.25, 0.3) is 5.91 Å². The molecule has 24 heavy (non-hydrogen) atoms. The van der Waals surface area contributed by atoms with Crippen molar-refractivity contribution in [1.29, 1.82) is 0 Å². The van der Waals surface area contributed by atoms with E-state index in [1.54, 1.807) is 0 Å². The summed E-state index contributed by atoms with van der Waals surface area (Å²) in [7, 11) is 5.82. The summed E-state index contributed by atoms with van der Waals surface area (Å²) in [6, 6.07) is 3.02. The molecule has 128 valence electrons. The van der Waals surface area contributed by atoms with Crippen LogP contribution in [0.4, 0.5) is 11.4 Å². The summed E-state index contributed by atoms with van der Waals surface area (Å²) in [4.78, 5) is 22.6. The number of aryl methyl sites for hydroxylation is 1. The van der Waals surface area contributed by atoms with E-state index in [4.69, 9.17) is 14.2 Å². The first kappa shape index (κ1) is 17.1. The van der Waals surface area contributed by atoms with Gasteiger partial charge in [0.2, 0.25) is 11.4 Å². The molecule has 0 saturated carbocycles. The van der Waals surface area contributed by atoms with E-state index in [1.807, 2.05) is 0 Å². The van der Waals surface area contributed by atoms with Crippen LogP contribution in [0.1, 0.15) is 10.5 Å². The van der Waals surface area contributed by atoms with Gasteiger partial charge in [0.15, 0.2) is 11.5 Å². The number of nitro groups is 1. The molecule has 1 heterocycles. The largest absolute Gasteiger partial charge is 0.493 e. The van der Waals surface area contributed by atoms with Crippen LogP contribution >= 0.6 is 0 Å². The van der Waals surface area contributed by atoms with E-state index < -0.39 is 10.8 Å². The molecule has 0 bridgehead atoms. The number of hydrogen-bond donors (Lipinski definition) is 1. The number of nitrogens with zero attached hydrogens (tertiary/aromatic N) is 3. The van der Waals surface area contributed by atoms with E-state index in [0.717, 1.165) is 6.20 Å². The zero-order valence-electron chi connectivity index (χ0n) is 13.5. The lowest BCUT2D eigenvalue weighted by Gasteiger charge is -2.14. The number of benzene rings is 1. The number of carbonyl (C=O) groups is 1. The van der Waals surface area contributed by atoms with Crippen molar-refractivity contribution in [1.82, 2.24) is 9.78 Å². The van der Waals surface area contributed by atoms with E-state index in [-0.39, 0.29) is 11.4 Å². The number of hydrogen-bond acceptors (Lipinski definition) is 7. The van der Waals surface area contributed by atoms with Crippen molar-refractivity contribution in [3.63, 3.8) is 0 Å².